The summed E-state index contributed by atoms with van der Waals surface area (Å²) in [5, 5.41) is 22.7. The summed E-state index contributed by atoms with van der Waals surface area (Å²) < 4.78 is 30.0. The van der Waals surface area contributed by atoms with Crippen LogP contribution in [0.15, 0.2) is 54.6 Å². The van der Waals surface area contributed by atoms with Gasteiger partial charge in [0.05, 0.1) is 11.2 Å². The van der Waals surface area contributed by atoms with Crippen molar-refractivity contribution in [2.24, 2.45) is 5.41 Å². The predicted octanol–water partition coefficient (Wildman–Crippen LogP) is 5.31. The number of amides is 1. The molecule has 5 rings (SSSR count). The Morgan fingerprint density at radius 1 is 1.05 bits per heavy atom. The van der Waals surface area contributed by atoms with Gasteiger partial charge in [-0.15, -0.1) is 0 Å². The van der Waals surface area contributed by atoms with Gasteiger partial charge in [-0.05, 0) is 85.8 Å². The Morgan fingerprint density at radius 2 is 1.82 bits per heavy atom. The fourth-order valence-corrected chi connectivity index (χ4v) is 5.70. The van der Waals surface area contributed by atoms with Gasteiger partial charge in [0.15, 0.2) is 0 Å². The van der Waals surface area contributed by atoms with Crippen LogP contribution < -0.4 is 5.32 Å². The molecule has 0 radical (unpaired) electrons. The highest BCUT2D eigenvalue weighted by Crippen LogP contribution is 2.39. The molecule has 0 aromatic heterocycles. The largest absolute Gasteiger partial charge is 0.390 e. The average Bonchev–Trinajstić information content (AvgIpc) is 2.86. The van der Waals surface area contributed by atoms with Crippen molar-refractivity contribution in [1.82, 2.24) is 10.2 Å². The first-order valence-electron chi connectivity index (χ1n) is 12.9. The number of carbonyl (C=O) groups excluding carboxylic acids is 1. The van der Waals surface area contributed by atoms with Crippen molar-refractivity contribution in [2.45, 2.75) is 38.7 Å². The maximum Gasteiger partial charge on any atom is 0.253 e. The zero-order chi connectivity index (χ0) is 27.1. The quantitative estimate of drug-likeness (QED) is 0.483. The van der Waals surface area contributed by atoms with Crippen molar-refractivity contribution in [2.75, 3.05) is 26.2 Å². The third-order valence-electron chi connectivity index (χ3n) is 7.53. The minimum absolute atomic E-state index is 0.0864. The molecule has 2 fully saturated rings. The van der Waals surface area contributed by atoms with E-state index >= 15 is 4.39 Å². The lowest BCUT2D eigenvalue weighted by atomic mass is 9.73. The Bertz CT molecular complexity index is 1420. The molecule has 2 saturated heterocycles. The zero-order valence-corrected chi connectivity index (χ0v) is 21.7. The van der Waals surface area contributed by atoms with E-state index in [4.69, 9.17) is 5.26 Å². The highest BCUT2D eigenvalue weighted by atomic mass is 19.1. The second-order valence-corrected chi connectivity index (χ2v) is 11.3. The summed E-state index contributed by atoms with van der Waals surface area (Å²) >= 11 is 0. The van der Waals surface area contributed by atoms with Crippen LogP contribution in [0.1, 0.15) is 48.2 Å². The molecule has 1 spiro atoms. The first-order chi connectivity index (χ1) is 18.1. The van der Waals surface area contributed by atoms with Gasteiger partial charge in [0.1, 0.15) is 17.7 Å². The molecule has 196 valence electrons. The maximum atomic E-state index is 15.4. The van der Waals surface area contributed by atoms with E-state index in [1.54, 1.807) is 50.2 Å². The van der Waals surface area contributed by atoms with E-state index in [0.717, 1.165) is 25.9 Å². The van der Waals surface area contributed by atoms with Gasteiger partial charge < -0.3 is 15.3 Å². The number of benzene rings is 3. The first-order valence-corrected chi connectivity index (χ1v) is 12.9. The van der Waals surface area contributed by atoms with Gasteiger partial charge in [0.2, 0.25) is 0 Å². The van der Waals surface area contributed by atoms with Crippen LogP contribution in [0.2, 0.25) is 0 Å². The summed E-state index contributed by atoms with van der Waals surface area (Å²) in [4.78, 5) is 15.2. The molecular formula is C31H31F2N3O2. The van der Waals surface area contributed by atoms with E-state index in [-0.39, 0.29) is 23.3 Å². The molecule has 2 aliphatic rings. The van der Waals surface area contributed by atoms with E-state index < -0.39 is 17.2 Å². The molecule has 0 unspecified atom stereocenters. The number of nitrogens with one attached hydrogen (secondary N) is 1. The first kappa shape index (κ1) is 26.0. The smallest absolute Gasteiger partial charge is 0.253 e. The Hall–Kier alpha value is -3.60. The monoisotopic (exact) mass is 515 g/mol. The normalized spacial score (nSPS) is 16.7. The van der Waals surface area contributed by atoms with Crippen LogP contribution >= 0.6 is 0 Å². The molecule has 3 aromatic rings. The van der Waals surface area contributed by atoms with Gasteiger partial charge in [-0.3, -0.25) is 4.79 Å². The molecule has 0 bridgehead atoms. The van der Waals surface area contributed by atoms with Crippen molar-refractivity contribution < 1.29 is 18.7 Å². The summed E-state index contributed by atoms with van der Waals surface area (Å²) in [6.45, 7) is 6.64. The van der Waals surface area contributed by atoms with Gasteiger partial charge in [0.25, 0.3) is 5.91 Å². The van der Waals surface area contributed by atoms with Crippen molar-refractivity contribution in [3.05, 3.63) is 82.9 Å². The molecule has 2 aliphatic heterocycles. The number of nitrogens with zero attached hydrogens (tertiary/aromatic N) is 2. The Morgan fingerprint density at radius 3 is 2.45 bits per heavy atom. The highest BCUT2D eigenvalue weighted by molar-refractivity contribution is 5.98. The molecule has 5 nitrogen and oxygen atoms in total. The Kier molecular flexibility index (Phi) is 6.81. The van der Waals surface area contributed by atoms with Crippen molar-refractivity contribution in [3.8, 4) is 28.3 Å². The average molecular weight is 516 g/mol. The summed E-state index contributed by atoms with van der Waals surface area (Å²) in [5.41, 5.74) is 1.94. The number of carbonyl (C=O) groups is 1. The zero-order valence-electron chi connectivity index (χ0n) is 21.7. The fourth-order valence-electron chi connectivity index (χ4n) is 5.70. The fraction of sp³-hybridized carbons (Fsp3) is 0.355. The minimum atomic E-state index is -0.982. The number of piperidine rings is 1. The van der Waals surface area contributed by atoms with Crippen LogP contribution in [-0.4, -0.2) is 47.7 Å². The topological polar surface area (TPSA) is 76.4 Å². The van der Waals surface area contributed by atoms with E-state index in [1.165, 1.54) is 18.2 Å². The number of hydrogen-bond donors (Lipinski definition) is 2. The second kappa shape index (κ2) is 9.94. The van der Waals surface area contributed by atoms with Crippen molar-refractivity contribution in [3.63, 3.8) is 0 Å². The maximum absolute atomic E-state index is 15.4. The van der Waals surface area contributed by atoms with Crippen LogP contribution in [0.5, 0.6) is 0 Å². The van der Waals surface area contributed by atoms with Gasteiger partial charge in [-0.2, -0.15) is 5.26 Å². The predicted molar refractivity (Wildman–Crippen MR) is 142 cm³/mol. The van der Waals surface area contributed by atoms with E-state index in [2.05, 4.69) is 5.32 Å². The van der Waals surface area contributed by atoms with Crippen LogP contribution in [0.3, 0.4) is 0 Å². The molecule has 3 aromatic carbocycles. The Balaban J connectivity index is 1.52. The molecule has 0 atom stereocenters. The molecule has 0 aliphatic carbocycles. The molecule has 38 heavy (non-hydrogen) atoms. The van der Waals surface area contributed by atoms with Gasteiger partial charge in [-0.1, -0.05) is 24.3 Å². The number of rotatable bonds is 5. The minimum Gasteiger partial charge on any atom is -0.390 e. The molecule has 7 heteroatoms. The molecular weight excluding hydrogens is 484 g/mol. The second-order valence-electron chi connectivity index (χ2n) is 11.3. The number of halogens is 2. The van der Waals surface area contributed by atoms with Gasteiger partial charge >= 0.3 is 0 Å². The van der Waals surface area contributed by atoms with Gasteiger partial charge in [0, 0.05) is 42.6 Å². The van der Waals surface area contributed by atoms with Crippen molar-refractivity contribution >= 4 is 5.91 Å². The number of aliphatic hydroxyl groups is 1. The summed E-state index contributed by atoms with van der Waals surface area (Å²) in [7, 11) is 0. The molecule has 2 N–H and O–H groups in total. The molecule has 0 saturated carbocycles. The summed E-state index contributed by atoms with van der Waals surface area (Å²) in [6, 6.07) is 15.9. The van der Waals surface area contributed by atoms with E-state index in [9.17, 15) is 14.3 Å². The summed E-state index contributed by atoms with van der Waals surface area (Å²) in [6.07, 6.45) is 2.49. The van der Waals surface area contributed by atoms with Gasteiger partial charge in [-0.25, -0.2) is 8.78 Å². The van der Waals surface area contributed by atoms with E-state index in [0.29, 0.717) is 46.5 Å². The van der Waals surface area contributed by atoms with Crippen LogP contribution in [0.25, 0.3) is 22.3 Å². The van der Waals surface area contributed by atoms with Crippen LogP contribution in [0.4, 0.5) is 8.78 Å². The van der Waals surface area contributed by atoms with Crippen molar-refractivity contribution in [1.29, 1.82) is 5.26 Å². The lowest BCUT2D eigenvalue weighted by Gasteiger charge is -2.52. The molecule has 1 amide bonds. The summed E-state index contributed by atoms with van der Waals surface area (Å²) in [5.74, 6) is -1.26. The highest BCUT2D eigenvalue weighted by Gasteiger charge is 2.45. The lowest BCUT2D eigenvalue weighted by Crippen LogP contribution is -2.63. The standard InChI is InChI=1S/C31H31F2N3O2/c1-30(2,38)15-20-4-8-25(28(33)12-20)24-9-7-22(13-26(24)21-5-6-23(16-34)27(32)14-21)29(37)36-18-31(19-36)10-3-11-35-17-31/h4-9,12-14,35,38H,3,10-11,15,17-19H2,1-2H3. The molecule has 2 heterocycles. The van der Waals surface area contributed by atoms with E-state index in [1.807, 2.05) is 11.0 Å². The lowest BCUT2D eigenvalue weighted by molar-refractivity contribution is -0.00721. The Labute approximate surface area is 221 Å². The van der Waals surface area contributed by atoms with Crippen LogP contribution in [0, 0.1) is 28.4 Å². The van der Waals surface area contributed by atoms with Crippen LogP contribution in [-0.2, 0) is 6.42 Å². The third-order valence-corrected chi connectivity index (χ3v) is 7.53. The number of likely N-dealkylation sites (tertiary alicyclic amines) is 1. The SMILES string of the molecule is CC(C)(O)Cc1ccc(-c2ccc(C(=O)N3CC4(CCCNC4)C3)cc2-c2ccc(C#N)c(F)c2)c(F)c1. The third kappa shape index (κ3) is 5.20. The number of hydrogen-bond acceptors (Lipinski definition) is 4. The number of nitriles is 1.